The van der Waals surface area contributed by atoms with Crippen LogP contribution in [0, 0.1) is 10.8 Å². The molecule has 0 aromatic heterocycles. The van der Waals surface area contributed by atoms with E-state index in [1.165, 1.54) is 10.8 Å². The van der Waals surface area contributed by atoms with Gasteiger partial charge < -0.3 is 5.73 Å². The summed E-state index contributed by atoms with van der Waals surface area (Å²) in [6.45, 7) is 0. The molecule has 0 aliphatic rings. The first-order valence-corrected chi connectivity index (χ1v) is 3.80. The predicted molar refractivity (Wildman–Crippen MR) is 51.8 cm³/mol. The van der Waals surface area contributed by atoms with Crippen molar-refractivity contribution >= 4 is 16.5 Å². The van der Waals surface area contributed by atoms with E-state index in [1.807, 2.05) is 30.3 Å². The fourth-order valence-electron chi connectivity index (χ4n) is 1.21. The average molecular weight is 171 g/mol. The van der Waals surface area contributed by atoms with Gasteiger partial charge in [0.2, 0.25) is 0 Å². The minimum Gasteiger partial charge on any atom is -0.399 e. The molecule has 3 heteroatoms. The first kappa shape index (κ1) is 9.01. The molecule has 0 unspecified atom stereocenters. The molecule has 2 rings (SSSR count). The lowest BCUT2D eigenvalue weighted by Gasteiger charge is -1.96. The number of hydrogen-bond acceptors (Lipinski definition) is 3. The molecule has 0 saturated heterocycles. The van der Waals surface area contributed by atoms with E-state index >= 15 is 0 Å². The highest BCUT2D eigenvalue weighted by Crippen LogP contribution is 2.15. The van der Waals surface area contributed by atoms with Crippen molar-refractivity contribution in [2.75, 3.05) is 5.73 Å². The summed E-state index contributed by atoms with van der Waals surface area (Å²) in [5, 5.41) is 14.4. The number of nitrogen functional groups attached to an aromatic ring is 1. The number of fused-ring (bicyclic) bond motifs is 1. The lowest BCUT2D eigenvalue weighted by atomic mass is 10.1. The van der Waals surface area contributed by atoms with Gasteiger partial charge in [0.1, 0.15) is 0 Å². The van der Waals surface area contributed by atoms with Gasteiger partial charge in [-0.1, -0.05) is 30.3 Å². The molecule has 2 aromatic rings. The van der Waals surface area contributed by atoms with Crippen molar-refractivity contribution in [1.29, 1.82) is 10.8 Å². The molecule has 0 aliphatic heterocycles. The largest absolute Gasteiger partial charge is 0.399 e. The number of rotatable bonds is 0. The number of hydrogen-bond donors (Lipinski definition) is 1. The van der Waals surface area contributed by atoms with Crippen LogP contribution in [0.15, 0.2) is 42.5 Å². The number of benzene rings is 2. The Labute approximate surface area is 76.2 Å². The Kier molecular flexibility index (Phi) is 2.82. The van der Waals surface area contributed by atoms with E-state index < -0.39 is 0 Å². The predicted octanol–water partition coefficient (Wildman–Crippen LogP) is 2.45. The third-order valence-electron chi connectivity index (χ3n) is 1.77. The van der Waals surface area contributed by atoms with Gasteiger partial charge in [-0.2, -0.15) is 0 Å². The Hall–Kier alpha value is -2.08. The molecule has 0 fully saturated rings. The maximum atomic E-state index is 6.00. The van der Waals surface area contributed by atoms with Gasteiger partial charge in [0.15, 0.2) is 0 Å². The molecule has 0 radical (unpaired) electrons. The van der Waals surface area contributed by atoms with Gasteiger partial charge in [-0.15, -0.1) is 0 Å². The molecule has 2 aromatic carbocycles. The maximum Gasteiger partial charge on any atom is 0.0320 e. The van der Waals surface area contributed by atoms with Gasteiger partial charge in [0.25, 0.3) is 0 Å². The van der Waals surface area contributed by atoms with Crippen LogP contribution in [0.25, 0.3) is 10.8 Å². The molecule has 0 atom stereocenters. The molecule has 0 heterocycles. The number of nitrogens with two attached hydrogens (primary N) is 1. The van der Waals surface area contributed by atoms with Crippen molar-refractivity contribution in [2.45, 2.75) is 0 Å². The quantitative estimate of drug-likeness (QED) is 0.488. The fourth-order valence-corrected chi connectivity index (χ4v) is 1.21. The molecule has 0 bridgehead atoms. The monoisotopic (exact) mass is 171 g/mol. The second kappa shape index (κ2) is 4.07. The molecule has 0 spiro atoms. The van der Waals surface area contributed by atoms with Crippen LogP contribution < -0.4 is 5.73 Å². The van der Waals surface area contributed by atoms with Crippen LogP contribution >= 0.6 is 0 Å². The summed E-state index contributed by atoms with van der Waals surface area (Å²) in [4.78, 5) is 0. The summed E-state index contributed by atoms with van der Waals surface area (Å²) in [5.41, 5.74) is 6.45. The van der Waals surface area contributed by atoms with Crippen molar-refractivity contribution in [3.63, 3.8) is 0 Å². The van der Waals surface area contributed by atoms with Crippen LogP contribution in [0.2, 0.25) is 0 Å². The number of anilines is 1. The fraction of sp³-hybridized carbons (Fsp3) is 0. The summed E-state index contributed by atoms with van der Waals surface area (Å²) >= 11 is 0. The molecule has 3 nitrogen and oxygen atoms in total. The molecule has 64 valence electrons. The Bertz CT molecular complexity index is 420. The summed E-state index contributed by atoms with van der Waals surface area (Å²) in [6, 6.07) is 14.1. The molecule has 0 amide bonds. The third-order valence-corrected chi connectivity index (χ3v) is 1.77. The Balaban J connectivity index is 0.000000396. The summed E-state index contributed by atoms with van der Waals surface area (Å²) in [6.07, 6.45) is 0. The number of nitrogens with zero attached hydrogens (tertiary/aromatic N) is 2. The van der Waals surface area contributed by atoms with Gasteiger partial charge in [0, 0.05) is 16.5 Å². The highest BCUT2D eigenvalue weighted by molar-refractivity contribution is 5.85. The normalized spacial score (nSPS) is 8.77. The highest BCUT2D eigenvalue weighted by Gasteiger charge is 1.89. The van der Waals surface area contributed by atoms with Crippen LogP contribution in [-0.2, 0) is 0 Å². The zero-order valence-electron chi connectivity index (χ0n) is 7.01. The van der Waals surface area contributed by atoms with Gasteiger partial charge in [0.05, 0.1) is 0 Å². The minimum atomic E-state index is 0.823. The van der Waals surface area contributed by atoms with E-state index in [1.54, 1.807) is 0 Å². The first-order chi connectivity index (χ1) is 6.36. The van der Waals surface area contributed by atoms with Gasteiger partial charge in [-0.3, -0.25) is 0 Å². The average Bonchev–Trinajstić information content (AvgIpc) is 2.21. The lowest BCUT2D eigenvalue weighted by molar-refractivity contribution is 1.15. The third kappa shape index (κ3) is 1.94. The zero-order chi connectivity index (χ0) is 9.68. The Morgan fingerprint density at radius 3 is 2.15 bits per heavy atom. The molecule has 2 N–H and O–H groups in total. The molecule has 0 saturated carbocycles. The van der Waals surface area contributed by atoms with Gasteiger partial charge in [-0.25, -0.2) is 0 Å². The van der Waals surface area contributed by atoms with E-state index in [4.69, 9.17) is 16.5 Å². The molecule has 0 aliphatic carbocycles. The summed E-state index contributed by atoms with van der Waals surface area (Å²) < 4.78 is 0. The first-order valence-electron chi connectivity index (χ1n) is 3.80. The molecular weight excluding hydrogens is 162 g/mol. The van der Waals surface area contributed by atoms with Crippen molar-refractivity contribution in [1.82, 2.24) is 0 Å². The van der Waals surface area contributed by atoms with E-state index in [2.05, 4.69) is 12.1 Å². The molecule has 13 heavy (non-hydrogen) atoms. The molecular formula is C10H9N3. The lowest BCUT2D eigenvalue weighted by Crippen LogP contribution is -1.82. The van der Waals surface area contributed by atoms with Gasteiger partial charge >= 0.3 is 0 Å². The zero-order valence-corrected chi connectivity index (χ0v) is 7.01. The van der Waals surface area contributed by atoms with Crippen molar-refractivity contribution < 1.29 is 0 Å². The topological polar surface area (TPSA) is 73.6 Å². The minimum absolute atomic E-state index is 0.823. The van der Waals surface area contributed by atoms with Crippen LogP contribution in [0.4, 0.5) is 5.69 Å². The second-order valence-corrected chi connectivity index (χ2v) is 2.61. The smallest absolute Gasteiger partial charge is 0.0320 e. The van der Waals surface area contributed by atoms with E-state index in [0.717, 1.165) is 5.69 Å². The van der Waals surface area contributed by atoms with Gasteiger partial charge in [-0.05, 0) is 22.9 Å². The van der Waals surface area contributed by atoms with Crippen LogP contribution in [0.5, 0.6) is 0 Å². The summed E-state index contributed by atoms with van der Waals surface area (Å²) in [5.74, 6) is 0. The van der Waals surface area contributed by atoms with E-state index in [9.17, 15) is 0 Å². The van der Waals surface area contributed by atoms with Crippen molar-refractivity contribution in [2.24, 2.45) is 0 Å². The SMILES string of the molecule is N#N.Nc1ccc2ccccc2c1. The van der Waals surface area contributed by atoms with E-state index in [-0.39, 0.29) is 0 Å². The summed E-state index contributed by atoms with van der Waals surface area (Å²) in [7, 11) is 0. The van der Waals surface area contributed by atoms with Crippen molar-refractivity contribution in [3.8, 4) is 0 Å². The highest BCUT2D eigenvalue weighted by atomic mass is 14.6. The van der Waals surface area contributed by atoms with Crippen LogP contribution in [0.1, 0.15) is 0 Å². The maximum absolute atomic E-state index is 6.00. The van der Waals surface area contributed by atoms with Crippen molar-refractivity contribution in [3.05, 3.63) is 42.5 Å². The van der Waals surface area contributed by atoms with E-state index in [0.29, 0.717) is 0 Å². The van der Waals surface area contributed by atoms with Crippen LogP contribution in [-0.4, -0.2) is 0 Å². The standard InChI is InChI=1S/C10H9N.N2/c11-10-6-5-8-3-1-2-4-9(8)7-10;1-2/h1-7H,11H2;. The Morgan fingerprint density at radius 2 is 1.46 bits per heavy atom. The Morgan fingerprint density at radius 1 is 0.846 bits per heavy atom. The van der Waals surface area contributed by atoms with Crippen LogP contribution in [0.3, 0.4) is 0 Å². The second-order valence-electron chi connectivity index (χ2n) is 2.61.